The van der Waals surface area contributed by atoms with Crippen molar-refractivity contribution >= 4 is 117 Å². The Balaban J connectivity index is 1.52. The summed E-state index contributed by atoms with van der Waals surface area (Å²) in [4.78, 5) is 172. The molecule has 0 aliphatic heterocycles. The number of rotatable bonds is 54. The Labute approximate surface area is 598 Å². The van der Waals surface area contributed by atoms with Gasteiger partial charge in [0.2, 0.25) is 65.0 Å². The monoisotopic (exact) mass is 1440 g/mol. The lowest BCUT2D eigenvalue weighted by atomic mass is 10.1. The zero-order valence-electron chi connectivity index (χ0n) is 58.7. The van der Waals surface area contributed by atoms with E-state index in [-0.39, 0.29) is 126 Å². The number of aryl methyl sites for hydroxylation is 1. The highest BCUT2D eigenvalue weighted by Gasteiger charge is 2.28. The van der Waals surface area contributed by atoms with Gasteiger partial charge in [-0.05, 0) is 140 Å². The Hall–Kier alpha value is -10.9. The van der Waals surface area contributed by atoms with Crippen molar-refractivity contribution in [3.63, 3.8) is 0 Å². The molecule has 5 atom stereocenters. The second-order valence-electron chi connectivity index (χ2n) is 24.5. The highest BCUT2D eigenvalue weighted by Crippen LogP contribution is 2.30. The minimum absolute atomic E-state index is 0.00214. The molecule has 37 heteroatoms. The number of hydrogen-bond acceptors (Lipinski definition) is 17. The number of nitrogens with zero attached hydrogens (tertiary/aromatic N) is 5. The largest absolute Gasteiger partial charge is 0.370 e. The topological polar surface area (TPSA) is 640 Å². The van der Waals surface area contributed by atoms with Crippen LogP contribution in [0.15, 0.2) is 62.4 Å². The molecule has 103 heavy (non-hydrogen) atoms. The highest BCUT2D eigenvalue weighted by atomic mass is 16.2. The summed E-state index contributed by atoms with van der Waals surface area (Å²) in [6, 6.07) is 7.82. The molecule has 30 N–H and O–H groups in total. The number of aromatic nitrogens is 1. The number of aldehydes is 1. The van der Waals surface area contributed by atoms with Crippen molar-refractivity contribution in [1.82, 2.24) is 57.7 Å². The van der Waals surface area contributed by atoms with Crippen molar-refractivity contribution < 1.29 is 57.5 Å². The fraction of sp³-hybridized carbons (Fsp3) is 0.576. The molecule has 0 radical (unpaired) electrons. The molecule has 1 aromatic heterocycles. The van der Waals surface area contributed by atoms with E-state index in [1.54, 1.807) is 6.07 Å². The molecule has 37 nitrogen and oxygen atoms in total. The highest BCUT2D eigenvalue weighted by molar-refractivity contribution is 6.09. The summed E-state index contributed by atoms with van der Waals surface area (Å²) in [5, 5.41) is 28.2. The first-order valence-electron chi connectivity index (χ1n) is 34.8. The third-order valence-electron chi connectivity index (χ3n) is 16.1. The second-order valence-corrected chi connectivity index (χ2v) is 24.5. The second kappa shape index (κ2) is 49.6. The number of nitrogens with one attached hydrogen (secondary N) is 10. The number of unbranched alkanes of at least 4 members (excludes halogenated alkanes) is 7. The van der Waals surface area contributed by atoms with Crippen LogP contribution in [0.4, 0.5) is 0 Å². The number of nitrogens with two attached hydrogens (primary N) is 10. The molecule has 3 aromatic rings. The average Bonchev–Trinajstić information content (AvgIpc) is 1.61. The molecule has 2 aromatic carbocycles. The lowest BCUT2D eigenvalue weighted by Crippen LogP contribution is -2.54. The average molecular weight is 1440 g/mol. The van der Waals surface area contributed by atoms with Gasteiger partial charge in [-0.1, -0.05) is 31.0 Å². The standard InChI is InChI=1S/C66H109N25O12/c67-29-10-7-18-45(58(68)99)86-55(96)38-83-62(103)49(22-16-35-82-66(75)76)90-57(98)40-85-61(102)47(20-9-14-33-80-64(71)72)89-56(97)39-84-60(101)46(19-8-13-32-79-63(69)70)87-53(94)25-4-2-12-31-78-59(100)48(21-15-34-81-65(73)74)88-54(95)24-3-1-11-30-77-52(93)28-36-91-50-23-6-5-17-43(50)44-37-42(41-92)26-27-51(44)91/h5-6,17,23,26-27,37,41,45-49H,1-4,7-16,18-22,24-25,28-36,38-40,67H2,(H2,68,99)(H,77,93)(H,78,100)(H,83,103)(H,84,101)(H,85,102)(H,86,96)(H,87,94)(H,88,95)(H,89,97)(H,90,98)(H4,69,70,79)(H4,71,72,80)(H4,73,74,81)(H4,75,76,82). The van der Waals surface area contributed by atoms with Crippen molar-refractivity contribution in [3.8, 4) is 0 Å². The number of carbonyl (C=O) groups is 12. The summed E-state index contributed by atoms with van der Waals surface area (Å²) >= 11 is 0. The molecule has 0 fully saturated rings. The number of para-hydroxylation sites is 1. The molecule has 0 bridgehead atoms. The van der Waals surface area contributed by atoms with E-state index in [1.807, 2.05) is 36.4 Å². The van der Waals surface area contributed by atoms with Crippen molar-refractivity contribution in [2.75, 3.05) is 65.4 Å². The summed E-state index contributed by atoms with van der Waals surface area (Å²) in [6.45, 7) is 0.309. The maximum Gasteiger partial charge on any atom is 0.243 e. The van der Waals surface area contributed by atoms with Crippen LogP contribution >= 0.6 is 0 Å². The third-order valence-corrected chi connectivity index (χ3v) is 16.1. The van der Waals surface area contributed by atoms with Gasteiger partial charge in [-0.25, -0.2) is 0 Å². The van der Waals surface area contributed by atoms with Crippen LogP contribution in [0.3, 0.4) is 0 Å². The SMILES string of the molecule is NCCCCC(NC(=O)CNC(=O)C(CCCN=C(N)N)NC(=O)CNC(=O)C(CCCCN=C(N)N)NC(=O)CNC(=O)C(CCCCN=C(N)N)NC(=O)CCCCCNC(=O)C(CCCN=C(N)N)NC(=O)CCCCCNC(=O)CCn1c2ccccc2c2cc(C=O)ccc21)C(N)=O. The lowest BCUT2D eigenvalue weighted by molar-refractivity contribution is -0.133. The predicted molar refractivity (Wildman–Crippen MR) is 392 cm³/mol. The summed E-state index contributed by atoms with van der Waals surface area (Å²) in [7, 11) is 0. The Morgan fingerprint density at radius 1 is 0.379 bits per heavy atom. The van der Waals surface area contributed by atoms with Gasteiger partial charge in [0.05, 0.1) is 19.6 Å². The summed E-state index contributed by atoms with van der Waals surface area (Å²) in [5.41, 5.74) is 57.2. The molecule has 1 heterocycles. The van der Waals surface area contributed by atoms with Crippen LogP contribution in [-0.2, 0) is 59.3 Å². The van der Waals surface area contributed by atoms with Crippen LogP contribution in [0.2, 0.25) is 0 Å². The smallest absolute Gasteiger partial charge is 0.243 e. The molecule has 3 rings (SSSR count). The van der Waals surface area contributed by atoms with Gasteiger partial charge in [0.1, 0.15) is 36.5 Å². The molecule has 0 saturated heterocycles. The molecule has 0 aliphatic rings. The van der Waals surface area contributed by atoms with E-state index >= 15 is 0 Å². The van der Waals surface area contributed by atoms with E-state index in [2.05, 4.69) is 77.7 Å². The van der Waals surface area contributed by atoms with Crippen LogP contribution in [0, 0.1) is 0 Å². The number of amides is 11. The number of carbonyl (C=O) groups excluding carboxylic acids is 12. The number of hydrogen-bond donors (Lipinski definition) is 20. The zero-order chi connectivity index (χ0) is 75.9. The van der Waals surface area contributed by atoms with Gasteiger partial charge < -0.3 is 115 Å². The fourth-order valence-electron chi connectivity index (χ4n) is 10.8. The number of fused-ring (bicyclic) bond motifs is 3. The molecule has 0 aliphatic carbocycles. The Bertz CT molecular complexity index is 3380. The van der Waals surface area contributed by atoms with Gasteiger partial charge in [-0.3, -0.25) is 77.5 Å². The maximum absolute atomic E-state index is 13.7. The Morgan fingerprint density at radius 2 is 0.767 bits per heavy atom. The van der Waals surface area contributed by atoms with E-state index in [0.29, 0.717) is 109 Å². The normalized spacial score (nSPS) is 12.3. The van der Waals surface area contributed by atoms with Gasteiger partial charge in [0.25, 0.3) is 0 Å². The first kappa shape index (κ1) is 86.3. The van der Waals surface area contributed by atoms with Gasteiger partial charge in [-0.2, -0.15) is 0 Å². The van der Waals surface area contributed by atoms with Crippen LogP contribution in [-0.4, -0.2) is 195 Å². The fourth-order valence-corrected chi connectivity index (χ4v) is 10.8. The summed E-state index contributed by atoms with van der Waals surface area (Å²) in [5.74, 6) is -7.37. The first-order valence-corrected chi connectivity index (χ1v) is 34.8. The molecule has 570 valence electrons. The number of benzene rings is 2. The first-order chi connectivity index (χ1) is 49.3. The molecule has 0 saturated carbocycles. The van der Waals surface area contributed by atoms with E-state index in [9.17, 15) is 57.5 Å². The molecule has 11 amide bonds. The van der Waals surface area contributed by atoms with Crippen molar-refractivity contribution in [2.24, 2.45) is 77.3 Å². The minimum Gasteiger partial charge on any atom is -0.370 e. The number of aliphatic imine (C=N–C) groups is 4. The van der Waals surface area contributed by atoms with Crippen molar-refractivity contribution in [2.45, 2.75) is 178 Å². The van der Waals surface area contributed by atoms with Gasteiger partial charge >= 0.3 is 0 Å². The van der Waals surface area contributed by atoms with Crippen molar-refractivity contribution in [1.29, 1.82) is 0 Å². The molecule has 5 unspecified atom stereocenters. The minimum atomic E-state index is -1.27. The lowest BCUT2D eigenvalue weighted by Gasteiger charge is -2.21. The van der Waals surface area contributed by atoms with Crippen LogP contribution < -0.4 is 111 Å². The van der Waals surface area contributed by atoms with E-state index < -0.39 is 103 Å². The van der Waals surface area contributed by atoms with Gasteiger partial charge in [-0.15, -0.1) is 0 Å². The van der Waals surface area contributed by atoms with Crippen LogP contribution in [0.5, 0.6) is 0 Å². The van der Waals surface area contributed by atoms with E-state index in [4.69, 9.17) is 57.3 Å². The number of guanidine groups is 4. The van der Waals surface area contributed by atoms with Crippen molar-refractivity contribution in [3.05, 3.63) is 48.0 Å². The predicted octanol–water partition coefficient (Wildman–Crippen LogP) is -4.27. The molecular weight excluding hydrogens is 1330 g/mol. The maximum atomic E-state index is 13.7. The third kappa shape index (κ3) is 36.9. The summed E-state index contributed by atoms with van der Waals surface area (Å²) in [6.07, 6.45) is 8.10. The zero-order valence-corrected chi connectivity index (χ0v) is 58.7. The summed E-state index contributed by atoms with van der Waals surface area (Å²) < 4.78 is 2.08. The molecule has 0 spiro atoms. The number of primary amides is 1. The Morgan fingerprint density at radius 3 is 1.21 bits per heavy atom. The van der Waals surface area contributed by atoms with Crippen LogP contribution in [0.1, 0.15) is 152 Å². The Kier molecular flexibility index (Phi) is 41.6. The molecular formula is C66H109N25O12. The van der Waals surface area contributed by atoms with Gasteiger partial charge in [0, 0.05) is 92.4 Å². The van der Waals surface area contributed by atoms with E-state index in [0.717, 1.165) is 28.1 Å². The van der Waals surface area contributed by atoms with Gasteiger partial charge in [0.15, 0.2) is 23.8 Å². The van der Waals surface area contributed by atoms with Crippen LogP contribution in [0.25, 0.3) is 21.8 Å². The quantitative estimate of drug-likeness (QED) is 0.0110. The van der Waals surface area contributed by atoms with E-state index in [1.165, 1.54) is 0 Å².